The SMILES string of the molecule is COc1ccc(C(=O)Nc2ccc(-c3nc4c(oc5ccc(C)cc54)c(=O)[nH]3)c(Cl)c2)cc1. The molecule has 8 heteroatoms. The van der Waals surface area contributed by atoms with Crippen LogP contribution in [0, 0.1) is 6.92 Å². The fraction of sp³-hybridized carbons (Fsp3) is 0.0800. The Kier molecular flexibility index (Phi) is 5.11. The minimum Gasteiger partial charge on any atom is -0.497 e. The molecule has 0 aliphatic carbocycles. The van der Waals surface area contributed by atoms with E-state index < -0.39 is 5.56 Å². The molecule has 3 aromatic carbocycles. The largest absolute Gasteiger partial charge is 0.497 e. The highest BCUT2D eigenvalue weighted by Gasteiger charge is 2.16. The lowest BCUT2D eigenvalue weighted by Gasteiger charge is -2.09. The number of hydrogen-bond acceptors (Lipinski definition) is 5. The summed E-state index contributed by atoms with van der Waals surface area (Å²) in [5, 5.41) is 3.90. The standard InChI is InChI=1S/C25H18ClN3O4/c1-13-3-10-20-18(11-13)21-22(33-20)25(31)29-23(28-21)17-9-6-15(12-19(17)26)27-24(30)14-4-7-16(32-2)8-5-14/h3-12H,1-2H3,(H,27,30)(H,28,29,31). The maximum absolute atomic E-state index is 12.7. The van der Waals surface area contributed by atoms with Crippen LogP contribution in [-0.2, 0) is 0 Å². The van der Waals surface area contributed by atoms with E-state index in [1.165, 1.54) is 0 Å². The molecule has 0 aliphatic rings. The lowest BCUT2D eigenvalue weighted by Crippen LogP contribution is -2.12. The van der Waals surface area contributed by atoms with Gasteiger partial charge in [0.15, 0.2) is 0 Å². The molecule has 164 valence electrons. The van der Waals surface area contributed by atoms with Crippen molar-refractivity contribution in [2.75, 3.05) is 12.4 Å². The van der Waals surface area contributed by atoms with E-state index in [-0.39, 0.29) is 11.5 Å². The number of carbonyl (C=O) groups is 1. The van der Waals surface area contributed by atoms with E-state index in [0.29, 0.717) is 44.5 Å². The Balaban J connectivity index is 1.48. The van der Waals surface area contributed by atoms with E-state index in [1.54, 1.807) is 49.6 Å². The number of aromatic amines is 1. The fourth-order valence-corrected chi connectivity index (χ4v) is 3.90. The zero-order valence-corrected chi connectivity index (χ0v) is 18.5. The molecule has 5 aromatic rings. The molecule has 0 saturated carbocycles. The number of furan rings is 1. The fourth-order valence-electron chi connectivity index (χ4n) is 3.63. The average molecular weight is 460 g/mol. The minimum absolute atomic E-state index is 0.166. The predicted molar refractivity (Wildman–Crippen MR) is 128 cm³/mol. The molecule has 2 aromatic heterocycles. The van der Waals surface area contributed by atoms with Gasteiger partial charge >= 0.3 is 0 Å². The Morgan fingerprint density at radius 1 is 1.09 bits per heavy atom. The van der Waals surface area contributed by atoms with Crippen LogP contribution in [-0.4, -0.2) is 23.0 Å². The summed E-state index contributed by atoms with van der Waals surface area (Å²) in [6, 6.07) is 17.4. The molecule has 0 atom stereocenters. The van der Waals surface area contributed by atoms with Gasteiger partial charge in [-0.15, -0.1) is 0 Å². The Hall–Kier alpha value is -4.10. The Labute approximate surface area is 193 Å². The minimum atomic E-state index is -0.392. The van der Waals surface area contributed by atoms with Crippen LogP contribution in [0.15, 0.2) is 69.9 Å². The molecule has 2 heterocycles. The van der Waals surface area contributed by atoms with Crippen LogP contribution < -0.4 is 15.6 Å². The summed E-state index contributed by atoms with van der Waals surface area (Å²) >= 11 is 6.50. The molecule has 2 N–H and O–H groups in total. The predicted octanol–water partition coefficient (Wildman–Crippen LogP) is 5.56. The van der Waals surface area contributed by atoms with Gasteiger partial charge in [-0.3, -0.25) is 9.59 Å². The van der Waals surface area contributed by atoms with Gasteiger partial charge in [-0.25, -0.2) is 4.98 Å². The Morgan fingerprint density at radius 3 is 2.61 bits per heavy atom. The summed E-state index contributed by atoms with van der Waals surface area (Å²) in [4.78, 5) is 32.5. The number of carbonyl (C=O) groups excluding carboxylic acids is 1. The third kappa shape index (κ3) is 3.83. The zero-order valence-electron chi connectivity index (χ0n) is 17.7. The number of aromatic nitrogens is 2. The first-order valence-corrected chi connectivity index (χ1v) is 10.5. The van der Waals surface area contributed by atoms with E-state index in [4.69, 9.17) is 20.8 Å². The topological polar surface area (TPSA) is 97.2 Å². The number of halogens is 1. The molecule has 7 nitrogen and oxygen atoms in total. The van der Waals surface area contributed by atoms with Gasteiger partial charge in [0.05, 0.1) is 12.1 Å². The van der Waals surface area contributed by atoms with Crippen LogP contribution in [0.2, 0.25) is 5.02 Å². The highest BCUT2D eigenvalue weighted by atomic mass is 35.5. The molecule has 5 rings (SSSR count). The van der Waals surface area contributed by atoms with Crippen molar-refractivity contribution in [1.82, 2.24) is 9.97 Å². The number of aryl methyl sites for hydroxylation is 1. The van der Waals surface area contributed by atoms with Gasteiger partial charge in [-0.2, -0.15) is 0 Å². The number of fused-ring (bicyclic) bond motifs is 3. The normalized spacial score (nSPS) is 11.1. The molecule has 0 aliphatic heterocycles. The van der Waals surface area contributed by atoms with Gasteiger partial charge in [-0.1, -0.05) is 23.2 Å². The number of ether oxygens (including phenoxy) is 1. The quantitative estimate of drug-likeness (QED) is 0.366. The summed E-state index contributed by atoms with van der Waals surface area (Å²) in [7, 11) is 1.56. The number of rotatable bonds is 4. The van der Waals surface area contributed by atoms with Crippen molar-refractivity contribution in [3.8, 4) is 17.1 Å². The zero-order chi connectivity index (χ0) is 23.1. The van der Waals surface area contributed by atoms with E-state index in [1.807, 2.05) is 25.1 Å². The lowest BCUT2D eigenvalue weighted by atomic mass is 10.1. The summed E-state index contributed by atoms with van der Waals surface area (Å²) in [6.07, 6.45) is 0. The van der Waals surface area contributed by atoms with Crippen molar-refractivity contribution in [2.45, 2.75) is 6.92 Å². The van der Waals surface area contributed by atoms with Crippen LogP contribution in [0.4, 0.5) is 5.69 Å². The van der Waals surface area contributed by atoms with Crippen LogP contribution in [0.1, 0.15) is 15.9 Å². The van der Waals surface area contributed by atoms with Crippen molar-refractivity contribution in [2.24, 2.45) is 0 Å². The number of nitrogens with one attached hydrogen (secondary N) is 2. The number of H-pyrrole nitrogens is 1. The highest BCUT2D eigenvalue weighted by molar-refractivity contribution is 6.33. The molecule has 0 fully saturated rings. The lowest BCUT2D eigenvalue weighted by molar-refractivity contribution is 0.102. The van der Waals surface area contributed by atoms with E-state index in [2.05, 4.69) is 15.3 Å². The second-order valence-corrected chi connectivity index (χ2v) is 7.98. The second-order valence-electron chi connectivity index (χ2n) is 7.57. The van der Waals surface area contributed by atoms with Gasteiger partial charge in [0.2, 0.25) is 5.58 Å². The molecule has 0 spiro atoms. The highest BCUT2D eigenvalue weighted by Crippen LogP contribution is 2.31. The molecule has 0 radical (unpaired) electrons. The molecule has 0 bridgehead atoms. The summed E-state index contributed by atoms with van der Waals surface area (Å²) in [5.41, 5.74) is 3.39. The first-order valence-electron chi connectivity index (χ1n) is 10.1. The van der Waals surface area contributed by atoms with Gasteiger partial charge in [0.1, 0.15) is 22.7 Å². The van der Waals surface area contributed by atoms with Crippen LogP contribution >= 0.6 is 11.6 Å². The molecular formula is C25H18ClN3O4. The van der Waals surface area contributed by atoms with E-state index >= 15 is 0 Å². The molecular weight excluding hydrogens is 442 g/mol. The first kappa shape index (κ1) is 20.8. The molecule has 0 saturated heterocycles. The summed E-state index contributed by atoms with van der Waals surface area (Å²) < 4.78 is 10.8. The van der Waals surface area contributed by atoms with Crippen molar-refractivity contribution in [1.29, 1.82) is 0 Å². The number of methoxy groups -OCH3 is 1. The summed E-state index contributed by atoms with van der Waals surface area (Å²) in [6.45, 7) is 1.96. The van der Waals surface area contributed by atoms with E-state index in [9.17, 15) is 9.59 Å². The van der Waals surface area contributed by atoms with Crippen LogP contribution in [0.25, 0.3) is 33.5 Å². The van der Waals surface area contributed by atoms with Crippen LogP contribution in [0.3, 0.4) is 0 Å². The summed E-state index contributed by atoms with van der Waals surface area (Å²) in [5.74, 6) is 0.697. The van der Waals surface area contributed by atoms with Crippen molar-refractivity contribution in [3.05, 3.63) is 87.2 Å². The van der Waals surface area contributed by atoms with Crippen molar-refractivity contribution >= 4 is 45.3 Å². The van der Waals surface area contributed by atoms with Gasteiger partial charge in [0, 0.05) is 22.2 Å². The molecule has 33 heavy (non-hydrogen) atoms. The monoisotopic (exact) mass is 459 g/mol. The van der Waals surface area contributed by atoms with Gasteiger partial charge < -0.3 is 19.5 Å². The first-order chi connectivity index (χ1) is 15.9. The number of amides is 1. The van der Waals surface area contributed by atoms with Gasteiger partial charge in [-0.05, 0) is 61.5 Å². The maximum atomic E-state index is 12.7. The second kappa shape index (κ2) is 8.11. The third-order valence-corrected chi connectivity index (χ3v) is 5.63. The number of anilines is 1. The van der Waals surface area contributed by atoms with E-state index in [0.717, 1.165) is 10.9 Å². The third-order valence-electron chi connectivity index (χ3n) is 5.31. The van der Waals surface area contributed by atoms with Crippen LogP contribution in [0.5, 0.6) is 5.75 Å². The molecule has 0 unspecified atom stereocenters. The smallest absolute Gasteiger partial charge is 0.294 e. The maximum Gasteiger partial charge on any atom is 0.294 e. The Morgan fingerprint density at radius 2 is 1.88 bits per heavy atom. The average Bonchev–Trinajstić information content (AvgIpc) is 3.17. The van der Waals surface area contributed by atoms with Crippen molar-refractivity contribution in [3.63, 3.8) is 0 Å². The number of benzene rings is 3. The number of hydrogen-bond donors (Lipinski definition) is 2. The van der Waals surface area contributed by atoms with Crippen molar-refractivity contribution < 1.29 is 13.9 Å². The Bertz CT molecular complexity index is 1590. The van der Waals surface area contributed by atoms with Gasteiger partial charge in [0.25, 0.3) is 11.5 Å². The molecule has 1 amide bonds. The number of nitrogens with zero attached hydrogens (tertiary/aromatic N) is 1.